The van der Waals surface area contributed by atoms with Gasteiger partial charge in [0.1, 0.15) is 0 Å². The first-order chi connectivity index (χ1) is 30.3. The molecular formula is C54H40BBr2IN2O2. The molecule has 0 aliphatic heterocycles. The van der Waals surface area contributed by atoms with Gasteiger partial charge in [-0.15, -0.1) is 0 Å². The Hall–Kier alpha value is -5.75. The van der Waals surface area contributed by atoms with E-state index in [0.29, 0.717) is 5.46 Å². The lowest BCUT2D eigenvalue weighted by Gasteiger charge is -2.25. The second-order valence-corrected chi connectivity index (χ2v) is 17.6. The first-order valence-corrected chi connectivity index (χ1v) is 22.7. The molecule has 10 aromatic rings. The van der Waals surface area contributed by atoms with Gasteiger partial charge in [-0.25, -0.2) is 0 Å². The molecule has 0 unspecified atom stereocenters. The summed E-state index contributed by atoms with van der Waals surface area (Å²) >= 11 is 9.32. The maximum Gasteiger partial charge on any atom is 0.488 e. The predicted molar refractivity (Wildman–Crippen MR) is 279 cm³/mol. The number of hydrogen-bond donors (Lipinski definition) is 2. The molecule has 0 atom stereocenters. The Morgan fingerprint density at radius 3 is 1.05 bits per heavy atom. The molecule has 0 fully saturated rings. The van der Waals surface area contributed by atoms with E-state index in [1.165, 1.54) is 25.1 Å². The smallest absolute Gasteiger partial charge is 0.423 e. The molecule has 0 saturated carbocycles. The molecule has 0 aliphatic carbocycles. The second-order valence-electron chi connectivity index (χ2n) is 14.5. The zero-order valence-corrected chi connectivity index (χ0v) is 38.8. The molecule has 2 N–H and O–H groups in total. The van der Waals surface area contributed by atoms with Gasteiger partial charge in [0.15, 0.2) is 0 Å². The lowest BCUT2D eigenvalue weighted by molar-refractivity contribution is 0.426. The number of para-hydroxylation sites is 4. The molecule has 302 valence electrons. The zero-order chi connectivity index (χ0) is 42.8. The molecular weight excluding hydrogens is 1010 g/mol. The fraction of sp³-hybridized carbons (Fsp3) is 0. The molecule has 10 aromatic carbocycles. The van der Waals surface area contributed by atoms with Crippen molar-refractivity contribution >= 4 is 133 Å². The van der Waals surface area contributed by atoms with E-state index in [1.807, 2.05) is 60.7 Å². The van der Waals surface area contributed by atoms with Gasteiger partial charge >= 0.3 is 7.12 Å². The van der Waals surface area contributed by atoms with Crippen molar-refractivity contribution in [1.82, 2.24) is 0 Å². The maximum atomic E-state index is 9.37. The quantitative estimate of drug-likeness (QED) is 0.123. The van der Waals surface area contributed by atoms with Crippen LogP contribution in [-0.2, 0) is 0 Å². The fourth-order valence-corrected chi connectivity index (χ4v) is 8.56. The monoisotopic (exact) mass is 1040 g/mol. The lowest BCUT2D eigenvalue weighted by Crippen LogP contribution is -2.29. The summed E-state index contributed by atoms with van der Waals surface area (Å²) in [5.41, 5.74) is 7.17. The van der Waals surface area contributed by atoms with E-state index in [1.54, 1.807) is 12.1 Å². The topological polar surface area (TPSA) is 46.9 Å². The molecule has 0 bridgehead atoms. The number of anilines is 6. The van der Waals surface area contributed by atoms with Crippen LogP contribution in [0.15, 0.2) is 239 Å². The van der Waals surface area contributed by atoms with Crippen LogP contribution in [0.3, 0.4) is 0 Å². The third-order valence-corrected chi connectivity index (χ3v) is 11.9. The molecule has 0 aliphatic rings. The molecule has 62 heavy (non-hydrogen) atoms. The van der Waals surface area contributed by atoms with Gasteiger partial charge in [-0.1, -0.05) is 153 Å². The van der Waals surface area contributed by atoms with E-state index >= 15 is 0 Å². The number of benzene rings is 10. The van der Waals surface area contributed by atoms with Gasteiger partial charge in [0, 0.05) is 46.6 Å². The highest BCUT2D eigenvalue weighted by Crippen LogP contribution is 2.37. The van der Waals surface area contributed by atoms with Crippen LogP contribution in [-0.4, -0.2) is 17.2 Å². The van der Waals surface area contributed by atoms with Gasteiger partial charge in [0.2, 0.25) is 0 Å². The average molecular weight is 1050 g/mol. The highest BCUT2D eigenvalue weighted by atomic mass is 127. The third-order valence-electron chi connectivity index (χ3n) is 10.3. The van der Waals surface area contributed by atoms with Gasteiger partial charge in [-0.05, 0) is 170 Å². The van der Waals surface area contributed by atoms with Crippen LogP contribution in [0.2, 0.25) is 0 Å². The average Bonchev–Trinajstić information content (AvgIpc) is 3.31. The van der Waals surface area contributed by atoms with Crippen molar-refractivity contribution in [2.75, 3.05) is 9.80 Å². The molecule has 8 heteroatoms. The van der Waals surface area contributed by atoms with Crippen LogP contribution in [0.25, 0.3) is 32.3 Å². The zero-order valence-electron chi connectivity index (χ0n) is 33.4. The lowest BCUT2D eigenvalue weighted by atomic mass is 9.79. The standard InChI is InChI=1S/C22H18BNO2.C22H16BrN.C10H6BrI/c25-23(26)19-13-11-18-16-22(14-12-17(18)15-19)24(20-7-3-1-4-8-20)21-9-5-2-6-10-21;23-19-13-11-18-16-22(14-12-17(18)15-19)24(20-7-3-1-4-8-20)21-9-5-2-6-10-21;11-9-3-1-8-6-10(12)4-2-7(8)5-9/h1-16,25-26H;1-16H;1-6H. The van der Waals surface area contributed by atoms with Crippen LogP contribution in [0, 0.1) is 3.57 Å². The molecule has 10 rings (SSSR count). The molecule has 0 radical (unpaired) electrons. The van der Waals surface area contributed by atoms with E-state index in [0.717, 1.165) is 53.8 Å². The van der Waals surface area contributed by atoms with Gasteiger partial charge in [0.25, 0.3) is 0 Å². The Kier molecular flexibility index (Phi) is 14.1. The maximum absolute atomic E-state index is 9.37. The SMILES string of the molecule is Brc1ccc2cc(I)ccc2c1.Brc1ccc2cc(N(c3ccccc3)c3ccccc3)ccc2c1.OB(O)c1ccc2cc(N(c3ccccc3)c3ccccc3)ccc2c1. The van der Waals surface area contributed by atoms with Crippen LogP contribution in [0.1, 0.15) is 0 Å². The third kappa shape index (κ3) is 10.6. The van der Waals surface area contributed by atoms with Crippen LogP contribution in [0.4, 0.5) is 34.1 Å². The number of rotatable bonds is 7. The Morgan fingerprint density at radius 1 is 0.323 bits per heavy atom. The van der Waals surface area contributed by atoms with Gasteiger partial charge < -0.3 is 19.8 Å². The summed E-state index contributed by atoms with van der Waals surface area (Å²) in [6.45, 7) is 0. The van der Waals surface area contributed by atoms with Crippen molar-refractivity contribution in [2.45, 2.75) is 0 Å². The summed E-state index contributed by atoms with van der Waals surface area (Å²) in [6.07, 6.45) is 0. The molecule has 0 heterocycles. The first-order valence-electron chi connectivity index (χ1n) is 20.0. The van der Waals surface area contributed by atoms with Crippen molar-refractivity contribution in [3.8, 4) is 0 Å². The number of nitrogens with zero attached hydrogens (tertiary/aromatic N) is 2. The highest BCUT2D eigenvalue weighted by molar-refractivity contribution is 14.1. The Labute approximate surface area is 393 Å². The van der Waals surface area contributed by atoms with Gasteiger partial charge in [-0.2, -0.15) is 0 Å². The second kappa shape index (κ2) is 20.4. The molecule has 0 aromatic heterocycles. The van der Waals surface area contributed by atoms with Crippen molar-refractivity contribution in [2.24, 2.45) is 0 Å². The molecule has 0 spiro atoms. The number of hydrogen-bond acceptors (Lipinski definition) is 4. The van der Waals surface area contributed by atoms with Crippen molar-refractivity contribution in [3.63, 3.8) is 0 Å². The van der Waals surface area contributed by atoms with Crippen LogP contribution >= 0.6 is 54.5 Å². The largest absolute Gasteiger partial charge is 0.488 e. The van der Waals surface area contributed by atoms with Gasteiger partial charge in [-0.3, -0.25) is 0 Å². The van der Waals surface area contributed by atoms with Crippen molar-refractivity contribution in [3.05, 3.63) is 243 Å². The Balaban J connectivity index is 0.000000136. The summed E-state index contributed by atoms with van der Waals surface area (Å²) < 4.78 is 3.52. The molecule has 4 nitrogen and oxygen atoms in total. The molecule has 0 saturated heterocycles. The van der Waals surface area contributed by atoms with E-state index in [9.17, 15) is 10.0 Å². The summed E-state index contributed by atoms with van der Waals surface area (Å²) in [5.74, 6) is 0. The number of fused-ring (bicyclic) bond motifs is 3. The predicted octanol–water partition coefficient (Wildman–Crippen LogP) is 15.3. The van der Waals surface area contributed by atoms with Crippen LogP contribution < -0.4 is 15.3 Å². The summed E-state index contributed by atoms with van der Waals surface area (Å²) in [4.78, 5) is 4.48. The van der Waals surface area contributed by atoms with Gasteiger partial charge in [0.05, 0.1) is 0 Å². The summed E-state index contributed by atoms with van der Waals surface area (Å²) in [7, 11) is -1.45. The minimum atomic E-state index is -1.45. The normalized spacial score (nSPS) is 10.7. The fourth-order valence-electron chi connectivity index (χ4n) is 7.28. The van der Waals surface area contributed by atoms with E-state index in [4.69, 9.17) is 0 Å². The van der Waals surface area contributed by atoms with Crippen molar-refractivity contribution in [1.29, 1.82) is 0 Å². The Bertz CT molecular complexity index is 2930. The summed E-state index contributed by atoms with van der Waals surface area (Å²) in [5, 5.41) is 25.8. The van der Waals surface area contributed by atoms with E-state index in [2.05, 4.69) is 222 Å². The number of halogens is 3. The Morgan fingerprint density at radius 2 is 0.645 bits per heavy atom. The first kappa shape index (κ1) is 42.9. The van der Waals surface area contributed by atoms with E-state index in [-0.39, 0.29) is 0 Å². The summed E-state index contributed by atoms with van der Waals surface area (Å²) in [6, 6.07) is 78.8. The molecule has 0 amide bonds. The van der Waals surface area contributed by atoms with Crippen molar-refractivity contribution < 1.29 is 10.0 Å². The highest BCUT2D eigenvalue weighted by Gasteiger charge is 2.15. The van der Waals surface area contributed by atoms with E-state index < -0.39 is 7.12 Å². The van der Waals surface area contributed by atoms with Crippen LogP contribution in [0.5, 0.6) is 0 Å². The minimum Gasteiger partial charge on any atom is -0.423 e. The minimum absolute atomic E-state index is 0.494.